The highest BCUT2D eigenvalue weighted by Crippen LogP contribution is 2.25. The van der Waals surface area contributed by atoms with Crippen molar-refractivity contribution >= 4 is 17.5 Å². The Hall–Kier alpha value is -1.30. The van der Waals surface area contributed by atoms with Gasteiger partial charge in [-0.3, -0.25) is 4.79 Å². The highest BCUT2D eigenvalue weighted by atomic mass is 35.5. The van der Waals surface area contributed by atoms with E-state index in [2.05, 4.69) is 0 Å². The second kappa shape index (κ2) is 8.87. The summed E-state index contributed by atoms with van der Waals surface area (Å²) in [5.41, 5.74) is 0.972. The zero-order chi connectivity index (χ0) is 15.8. The van der Waals surface area contributed by atoms with Gasteiger partial charge in [0, 0.05) is 27.1 Å². The molecule has 1 atom stereocenters. The molecule has 21 heavy (non-hydrogen) atoms. The van der Waals surface area contributed by atoms with Crippen molar-refractivity contribution in [1.82, 2.24) is 4.90 Å². The van der Waals surface area contributed by atoms with Crippen LogP contribution < -0.4 is 4.74 Å². The maximum atomic E-state index is 12.0. The average Bonchev–Trinajstić information content (AvgIpc) is 2.45. The lowest BCUT2D eigenvalue weighted by molar-refractivity contribution is -0.131. The number of rotatable bonds is 8. The van der Waals surface area contributed by atoms with Gasteiger partial charge in [0.25, 0.3) is 0 Å². The number of benzene rings is 1. The Morgan fingerprint density at radius 3 is 2.71 bits per heavy atom. The first kappa shape index (κ1) is 17.8. The summed E-state index contributed by atoms with van der Waals surface area (Å²) >= 11 is 6.04. The standard InChI is InChI=1S/C15H22ClNO4/c1-17(9-12(18)10-20-2)15(19)7-5-11-4-6-14(21-3)13(16)8-11/h4,6,8,12,18H,5,7,9-10H2,1-3H3. The third kappa shape index (κ3) is 5.91. The number of carbonyl (C=O) groups excluding carboxylic acids is 1. The van der Waals surface area contributed by atoms with E-state index in [4.69, 9.17) is 21.1 Å². The van der Waals surface area contributed by atoms with Crippen molar-refractivity contribution in [1.29, 1.82) is 0 Å². The second-order valence-electron chi connectivity index (χ2n) is 4.85. The molecule has 1 amide bonds. The number of methoxy groups -OCH3 is 2. The van der Waals surface area contributed by atoms with E-state index >= 15 is 0 Å². The summed E-state index contributed by atoms with van der Waals surface area (Å²) in [6.45, 7) is 0.474. The van der Waals surface area contributed by atoms with Crippen LogP contribution in [0.3, 0.4) is 0 Å². The van der Waals surface area contributed by atoms with Crippen LogP contribution in [0.2, 0.25) is 5.02 Å². The fourth-order valence-electron chi connectivity index (χ4n) is 1.97. The number of hydrogen-bond donors (Lipinski definition) is 1. The van der Waals surface area contributed by atoms with Crippen LogP contribution in [0, 0.1) is 0 Å². The molecule has 6 heteroatoms. The SMILES string of the molecule is COCC(O)CN(C)C(=O)CCc1ccc(OC)c(Cl)c1. The number of nitrogens with zero attached hydrogens (tertiary/aromatic N) is 1. The quantitative estimate of drug-likeness (QED) is 0.794. The first-order valence-electron chi connectivity index (χ1n) is 6.71. The van der Waals surface area contributed by atoms with Crippen molar-refractivity contribution in [2.75, 3.05) is 34.4 Å². The van der Waals surface area contributed by atoms with Gasteiger partial charge in [0.2, 0.25) is 5.91 Å². The Kier molecular flexibility index (Phi) is 7.50. The molecule has 1 unspecified atom stereocenters. The monoisotopic (exact) mass is 315 g/mol. The molecule has 1 aromatic rings. The lowest BCUT2D eigenvalue weighted by Gasteiger charge is -2.20. The molecule has 0 saturated heterocycles. The van der Waals surface area contributed by atoms with Gasteiger partial charge in [-0.15, -0.1) is 0 Å². The fraction of sp³-hybridized carbons (Fsp3) is 0.533. The van der Waals surface area contributed by atoms with E-state index in [1.165, 1.54) is 12.0 Å². The van der Waals surface area contributed by atoms with Crippen molar-refractivity contribution in [3.8, 4) is 5.75 Å². The van der Waals surface area contributed by atoms with Crippen LogP contribution in [0.1, 0.15) is 12.0 Å². The van der Waals surface area contributed by atoms with Gasteiger partial charge in [-0.1, -0.05) is 17.7 Å². The molecule has 1 aromatic carbocycles. The highest BCUT2D eigenvalue weighted by molar-refractivity contribution is 6.32. The number of aliphatic hydroxyl groups is 1. The Balaban J connectivity index is 2.47. The molecule has 118 valence electrons. The van der Waals surface area contributed by atoms with Crippen LogP contribution in [0.4, 0.5) is 0 Å². The summed E-state index contributed by atoms with van der Waals surface area (Å²) in [5.74, 6) is 0.587. The maximum Gasteiger partial charge on any atom is 0.222 e. The predicted octanol–water partition coefficient (Wildman–Crippen LogP) is 1.75. The van der Waals surface area contributed by atoms with E-state index in [0.717, 1.165) is 5.56 Å². The Morgan fingerprint density at radius 1 is 1.43 bits per heavy atom. The Morgan fingerprint density at radius 2 is 2.14 bits per heavy atom. The van der Waals surface area contributed by atoms with Gasteiger partial charge in [-0.2, -0.15) is 0 Å². The molecule has 0 aliphatic carbocycles. The molecule has 0 aliphatic rings. The second-order valence-corrected chi connectivity index (χ2v) is 5.26. The third-order valence-corrected chi connectivity index (χ3v) is 3.41. The molecule has 0 bridgehead atoms. The van der Waals surface area contributed by atoms with Gasteiger partial charge in [-0.05, 0) is 24.1 Å². The normalized spacial score (nSPS) is 12.0. The topological polar surface area (TPSA) is 59.0 Å². The van der Waals surface area contributed by atoms with Gasteiger partial charge in [-0.25, -0.2) is 0 Å². The number of aryl methyl sites for hydroxylation is 1. The van der Waals surface area contributed by atoms with Crippen LogP contribution in [-0.4, -0.2) is 56.4 Å². The summed E-state index contributed by atoms with van der Waals surface area (Å²) in [4.78, 5) is 13.5. The van der Waals surface area contributed by atoms with Crippen LogP contribution >= 0.6 is 11.6 Å². The molecular weight excluding hydrogens is 294 g/mol. The minimum atomic E-state index is -0.667. The lowest BCUT2D eigenvalue weighted by atomic mass is 10.1. The molecule has 0 heterocycles. The molecule has 0 aliphatic heterocycles. The number of carbonyl (C=O) groups is 1. The minimum Gasteiger partial charge on any atom is -0.495 e. The predicted molar refractivity (Wildman–Crippen MR) is 81.8 cm³/mol. The molecular formula is C15H22ClNO4. The van der Waals surface area contributed by atoms with Gasteiger partial charge in [0.15, 0.2) is 0 Å². The first-order chi connectivity index (χ1) is 9.97. The zero-order valence-electron chi connectivity index (χ0n) is 12.6. The molecule has 0 aromatic heterocycles. The molecule has 0 spiro atoms. The smallest absolute Gasteiger partial charge is 0.222 e. The van der Waals surface area contributed by atoms with Crippen molar-refractivity contribution in [2.45, 2.75) is 18.9 Å². The van der Waals surface area contributed by atoms with E-state index in [1.54, 1.807) is 26.3 Å². The first-order valence-corrected chi connectivity index (χ1v) is 7.09. The number of halogens is 1. The van der Waals surface area contributed by atoms with Crippen molar-refractivity contribution in [3.05, 3.63) is 28.8 Å². The summed E-state index contributed by atoms with van der Waals surface area (Å²) < 4.78 is 9.92. The van der Waals surface area contributed by atoms with Crippen molar-refractivity contribution in [2.24, 2.45) is 0 Å². The molecule has 1 rings (SSSR count). The van der Waals surface area contributed by atoms with E-state index in [0.29, 0.717) is 23.6 Å². The summed E-state index contributed by atoms with van der Waals surface area (Å²) in [6.07, 6.45) is 0.283. The van der Waals surface area contributed by atoms with E-state index in [1.807, 2.05) is 6.07 Å². The summed E-state index contributed by atoms with van der Waals surface area (Å²) in [7, 11) is 4.74. The van der Waals surface area contributed by atoms with Crippen LogP contribution in [0.25, 0.3) is 0 Å². The third-order valence-electron chi connectivity index (χ3n) is 3.11. The lowest BCUT2D eigenvalue weighted by Crippen LogP contribution is -2.36. The minimum absolute atomic E-state index is 0.0305. The highest BCUT2D eigenvalue weighted by Gasteiger charge is 2.13. The van der Waals surface area contributed by atoms with Crippen molar-refractivity contribution < 1.29 is 19.4 Å². The summed E-state index contributed by atoms with van der Waals surface area (Å²) in [5, 5.41) is 10.1. The van der Waals surface area contributed by atoms with E-state index in [9.17, 15) is 9.90 Å². The zero-order valence-corrected chi connectivity index (χ0v) is 13.4. The number of likely N-dealkylation sites (N-methyl/N-ethyl adjacent to an activating group) is 1. The van der Waals surface area contributed by atoms with Gasteiger partial charge < -0.3 is 19.5 Å². The number of ether oxygens (including phenoxy) is 2. The number of aliphatic hydroxyl groups excluding tert-OH is 1. The average molecular weight is 316 g/mol. The number of amides is 1. The number of hydrogen-bond acceptors (Lipinski definition) is 4. The molecule has 0 saturated carbocycles. The fourth-order valence-corrected chi connectivity index (χ4v) is 2.25. The molecule has 0 fully saturated rings. The van der Waals surface area contributed by atoms with Gasteiger partial charge in [0.1, 0.15) is 5.75 Å². The van der Waals surface area contributed by atoms with Crippen LogP contribution in [-0.2, 0) is 16.0 Å². The van der Waals surface area contributed by atoms with Gasteiger partial charge >= 0.3 is 0 Å². The van der Waals surface area contributed by atoms with Gasteiger partial charge in [0.05, 0.1) is 24.8 Å². The Bertz CT molecular complexity index is 467. The van der Waals surface area contributed by atoms with Crippen LogP contribution in [0.5, 0.6) is 5.75 Å². The van der Waals surface area contributed by atoms with E-state index < -0.39 is 6.10 Å². The largest absolute Gasteiger partial charge is 0.495 e. The molecule has 0 radical (unpaired) electrons. The Labute approximate surface area is 130 Å². The molecule has 1 N–H and O–H groups in total. The molecule has 5 nitrogen and oxygen atoms in total. The maximum absolute atomic E-state index is 12.0. The van der Waals surface area contributed by atoms with E-state index in [-0.39, 0.29) is 19.1 Å². The van der Waals surface area contributed by atoms with Crippen molar-refractivity contribution in [3.63, 3.8) is 0 Å². The van der Waals surface area contributed by atoms with Crippen LogP contribution in [0.15, 0.2) is 18.2 Å². The summed E-state index contributed by atoms with van der Waals surface area (Å²) in [6, 6.07) is 5.47.